The average Bonchev–Trinajstić information content (AvgIpc) is 2.88. The van der Waals surface area contributed by atoms with Crippen molar-refractivity contribution in [3.8, 4) is 11.5 Å². The van der Waals surface area contributed by atoms with E-state index in [0.717, 1.165) is 18.3 Å². The van der Waals surface area contributed by atoms with Gasteiger partial charge in [0.2, 0.25) is 0 Å². The maximum atomic E-state index is 12.5. The second-order valence-electron chi connectivity index (χ2n) is 4.61. The molecular weight excluding hydrogens is 358 g/mol. The van der Waals surface area contributed by atoms with Crippen molar-refractivity contribution in [1.82, 2.24) is 19.9 Å². The third-order valence-corrected chi connectivity index (χ3v) is 3.57. The zero-order chi connectivity index (χ0) is 17.5. The summed E-state index contributed by atoms with van der Waals surface area (Å²) in [5.74, 6) is 0.111. The first kappa shape index (κ1) is 16.6. The highest BCUT2D eigenvalue weighted by atomic mass is 32.2. The number of H-pyrrole nitrogens is 1. The van der Waals surface area contributed by atoms with Crippen molar-refractivity contribution in [3.63, 3.8) is 0 Å². The molecule has 4 nitrogen and oxygen atoms in total. The van der Waals surface area contributed by atoms with E-state index in [-0.39, 0.29) is 39.3 Å². The van der Waals surface area contributed by atoms with Gasteiger partial charge in [0, 0.05) is 17.3 Å². The van der Waals surface area contributed by atoms with Crippen molar-refractivity contribution >= 4 is 22.9 Å². The molecule has 24 heavy (non-hydrogen) atoms. The summed E-state index contributed by atoms with van der Waals surface area (Å²) in [6.07, 6.45) is -2.84. The number of nitrogens with one attached hydrogen (secondary N) is 1. The highest BCUT2D eigenvalue weighted by Gasteiger charge is 2.31. The van der Waals surface area contributed by atoms with E-state index in [0.29, 0.717) is 6.20 Å². The van der Waals surface area contributed by atoms with E-state index in [1.165, 1.54) is 6.07 Å². The summed E-state index contributed by atoms with van der Waals surface area (Å²) in [5, 5.41) is 0. The number of hydrogen-bond acceptors (Lipinski definition) is 4. The molecule has 0 fully saturated rings. The Morgan fingerprint density at radius 3 is 2.29 bits per heavy atom. The molecule has 0 bridgehead atoms. The summed E-state index contributed by atoms with van der Waals surface area (Å²) in [7, 11) is 0. The molecule has 0 radical (unpaired) electrons. The van der Waals surface area contributed by atoms with Crippen LogP contribution in [0.1, 0.15) is 5.56 Å². The lowest BCUT2D eigenvalue weighted by molar-refractivity contribution is -0.137. The first-order valence-electron chi connectivity index (χ1n) is 6.27. The van der Waals surface area contributed by atoms with Crippen molar-refractivity contribution in [2.75, 3.05) is 0 Å². The molecular formula is C13H6F6N4S. The van der Waals surface area contributed by atoms with Crippen molar-refractivity contribution < 1.29 is 26.3 Å². The number of thioether (sulfide) groups is 1. The van der Waals surface area contributed by atoms with Crippen LogP contribution in [0.15, 0.2) is 35.5 Å². The van der Waals surface area contributed by atoms with Crippen LogP contribution in [0.4, 0.5) is 26.3 Å². The van der Waals surface area contributed by atoms with Crippen LogP contribution < -0.4 is 0 Å². The highest BCUT2D eigenvalue weighted by Crippen LogP contribution is 2.37. The number of aromatic amines is 1. The molecule has 0 aromatic carbocycles. The van der Waals surface area contributed by atoms with Crippen LogP contribution in [0.25, 0.3) is 22.7 Å². The van der Waals surface area contributed by atoms with Crippen LogP contribution >= 0.6 is 11.8 Å². The molecule has 0 unspecified atom stereocenters. The van der Waals surface area contributed by atoms with Crippen LogP contribution in [0, 0.1) is 0 Å². The largest absolute Gasteiger partial charge is 0.446 e. The fourth-order valence-electron chi connectivity index (χ4n) is 1.89. The Labute approximate surface area is 134 Å². The summed E-state index contributed by atoms with van der Waals surface area (Å²) in [6, 6.07) is 3.17. The Kier molecular flexibility index (Phi) is 3.90. The lowest BCUT2D eigenvalue weighted by Gasteiger charge is -2.05. The van der Waals surface area contributed by atoms with Crippen LogP contribution in [0.5, 0.6) is 0 Å². The lowest BCUT2D eigenvalue weighted by atomic mass is 10.2. The fourth-order valence-corrected chi connectivity index (χ4v) is 2.44. The quantitative estimate of drug-likeness (QED) is 0.531. The van der Waals surface area contributed by atoms with E-state index < -0.39 is 17.2 Å². The smallest absolute Gasteiger partial charge is 0.335 e. The van der Waals surface area contributed by atoms with Gasteiger partial charge in [0.05, 0.1) is 11.1 Å². The molecule has 1 N–H and O–H groups in total. The number of halogens is 6. The Morgan fingerprint density at radius 1 is 0.958 bits per heavy atom. The van der Waals surface area contributed by atoms with E-state index in [1.807, 2.05) is 0 Å². The van der Waals surface area contributed by atoms with Crippen LogP contribution in [0.2, 0.25) is 0 Å². The minimum Gasteiger partial charge on any atom is -0.335 e. The van der Waals surface area contributed by atoms with Gasteiger partial charge in [-0.15, -0.1) is 0 Å². The molecule has 3 aromatic rings. The Hall–Kier alpha value is -2.30. The monoisotopic (exact) mass is 364 g/mol. The second-order valence-corrected chi connectivity index (χ2v) is 5.74. The average molecular weight is 364 g/mol. The maximum absolute atomic E-state index is 12.5. The number of nitrogens with zero attached hydrogens (tertiary/aromatic N) is 3. The summed E-state index contributed by atoms with van der Waals surface area (Å²) in [5.41, 5.74) is -4.89. The van der Waals surface area contributed by atoms with E-state index in [2.05, 4.69) is 19.9 Å². The SMILES string of the molecule is FC(F)(F)Sc1cnc2nc(-c3ccc(C(F)(F)F)cn3)[nH]c2c1. The van der Waals surface area contributed by atoms with Crippen LogP contribution in [-0.4, -0.2) is 25.4 Å². The molecule has 11 heteroatoms. The number of rotatable bonds is 2. The fraction of sp³-hybridized carbons (Fsp3) is 0.154. The highest BCUT2D eigenvalue weighted by molar-refractivity contribution is 8.00. The van der Waals surface area contributed by atoms with E-state index in [1.54, 1.807) is 0 Å². The molecule has 0 atom stereocenters. The second kappa shape index (κ2) is 5.65. The molecule has 0 saturated heterocycles. The van der Waals surface area contributed by atoms with Crippen molar-refractivity contribution in [1.29, 1.82) is 0 Å². The van der Waals surface area contributed by atoms with Crippen LogP contribution in [0.3, 0.4) is 0 Å². The van der Waals surface area contributed by atoms with Crippen molar-refractivity contribution in [2.45, 2.75) is 16.6 Å². The van der Waals surface area contributed by atoms with Gasteiger partial charge in [-0.1, -0.05) is 0 Å². The topological polar surface area (TPSA) is 54.5 Å². The molecule has 0 aliphatic carbocycles. The standard InChI is InChI=1S/C13H6F6N4S/c14-12(15,16)6-1-2-8(20-4-6)11-22-9-3-7(24-13(17,18)19)5-21-10(9)23-11/h1-5H,(H,21,22,23). The maximum Gasteiger partial charge on any atom is 0.446 e. The van der Waals surface area contributed by atoms with E-state index in [4.69, 9.17) is 0 Å². The molecule has 3 aromatic heterocycles. The Morgan fingerprint density at radius 2 is 1.71 bits per heavy atom. The summed E-state index contributed by atoms with van der Waals surface area (Å²) in [6.45, 7) is 0. The minimum absolute atomic E-state index is 0.111. The summed E-state index contributed by atoms with van der Waals surface area (Å²) >= 11 is -0.326. The summed E-state index contributed by atoms with van der Waals surface area (Å²) in [4.78, 5) is 14.0. The van der Waals surface area contributed by atoms with Gasteiger partial charge in [0.25, 0.3) is 0 Å². The predicted molar refractivity (Wildman–Crippen MR) is 74.0 cm³/mol. The normalized spacial score (nSPS) is 12.8. The molecule has 0 saturated carbocycles. The number of hydrogen-bond donors (Lipinski definition) is 1. The predicted octanol–water partition coefficient (Wildman–Crippen LogP) is 4.65. The molecule has 0 aliphatic rings. The third-order valence-electron chi connectivity index (χ3n) is 2.88. The van der Waals surface area contributed by atoms with E-state index in [9.17, 15) is 26.3 Å². The van der Waals surface area contributed by atoms with Crippen molar-refractivity contribution in [3.05, 3.63) is 36.2 Å². The molecule has 3 rings (SSSR count). The Balaban J connectivity index is 1.93. The summed E-state index contributed by atoms with van der Waals surface area (Å²) < 4.78 is 74.6. The van der Waals surface area contributed by atoms with Crippen LogP contribution in [-0.2, 0) is 6.18 Å². The van der Waals surface area contributed by atoms with Gasteiger partial charge in [-0.05, 0) is 30.0 Å². The molecule has 3 heterocycles. The van der Waals surface area contributed by atoms with Gasteiger partial charge >= 0.3 is 11.7 Å². The van der Waals surface area contributed by atoms with Crippen molar-refractivity contribution in [2.24, 2.45) is 0 Å². The zero-order valence-electron chi connectivity index (χ0n) is 11.4. The number of imidazole rings is 1. The number of alkyl halides is 6. The van der Waals surface area contributed by atoms with Gasteiger partial charge in [0.1, 0.15) is 5.69 Å². The van der Waals surface area contributed by atoms with Gasteiger partial charge < -0.3 is 4.98 Å². The number of fused-ring (bicyclic) bond motifs is 1. The van der Waals surface area contributed by atoms with E-state index >= 15 is 0 Å². The third kappa shape index (κ3) is 3.61. The first-order chi connectivity index (χ1) is 11.1. The van der Waals surface area contributed by atoms with Gasteiger partial charge in [-0.3, -0.25) is 4.98 Å². The number of aromatic nitrogens is 4. The Bertz CT molecular complexity index is 869. The van der Waals surface area contributed by atoms with Gasteiger partial charge in [0.15, 0.2) is 11.5 Å². The minimum atomic E-state index is -4.51. The molecule has 0 spiro atoms. The zero-order valence-corrected chi connectivity index (χ0v) is 12.2. The molecule has 126 valence electrons. The molecule has 0 aliphatic heterocycles. The van der Waals surface area contributed by atoms with Gasteiger partial charge in [-0.25, -0.2) is 9.97 Å². The number of pyridine rings is 2. The lowest BCUT2D eigenvalue weighted by Crippen LogP contribution is -2.05. The van der Waals surface area contributed by atoms with Gasteiger partial charge in [-0.2, -0.15) is 26.3 Å². The first-order valence-corrected chi connectivity index (χ1v) is 7.08. The molecule has 0 amide bonds.